The third-order valence-electron chi connectivity index (χ3n) is 2.93. The molecule has 1 amide bonds. The Morgan fingerprint density at radius 1 is 1.50 bits per heavy atom. The smallest absolute Gasteiger partial charge is 0.224 e. The normalized spacial score (nSPS) is 14.8. The minimum absolute atomic E-state index is 0.0106. The predicted octanol–water partition coefficient (Wildman–Crippen LogP) is 1.06. The number of nitrogens with two attached hydrogens (primary N) is 1. The molecule has 3 nitrogen and oxygen atoms in total. The van der Waals surface area contributed by atoms with Gasteiger partial charge in [0.1, 0.15) is 5.82 Å². The van der Waals surface area contributed by atoms with E-state index < -0.39 is 0 Å². The molecule has 1 aliphatic rings. The number of hydrogen-bond donors (Lipinski definition) is 1. The zero-order chi connectivity index (χ0) is 11.5. The maximum absolute atomic E-state index is 13.5. The summed E-state index contributed by atoms with van der Waals surface area (Å²) in [5.74, 6) is -0.209. The van der Waals surface area contributed by atoms with Gasteiger partial charge in [-0.25, -0.2) is 4.39 Å². The summed E-state index contributed by atoms with van der Waals surface area (Å²) in [4.78, 5) is 13.3. The highest BCUT2D eigenvalue weighted by Crippen LogP contribution is 2.21. The molecule has 2 N–H and O–H groups in total. The molecule has 0 aromatic heterocycles. The van der Waals surface area contributed by atoms with Gasteiger partial charge in [0.15, 0.2) is 0 Å². The van der Waals surface area contributed by atoms with Crippen LogP contribution < -0.4 is 5.73 Å². The van der Waals surface area contributed by atoms with Crippen molar-refractivity contribution in [1.82, 2.24) is 4.90 Å². The lowest BCUT2D eigenvalue weighted by molar-refractivity contribution is -0.131. The molecule has 0 aliphatic carbocycles. The molecule has 2 rings (SSSR count). The van der Waals surface area contributed by atoms with Crippen molar-refractivity contribution in [3.05, 3.63) is 35.1 Å². The van der Waals surface area contributed by atoms with Gasteiger partial charge >= 0.3 is 0 Å². The third kappa shape index (κ3) is 2.07. The molecular weight excluding hydrogens is 207 g/mol. The summed E-state index contributed by atoms with van der Waals surface area (Å²) >= 11 is 0. The zero-order valence-electron chi connectivity index (χ0n) is 9.08. The van der Waals surface area contributed by atoms with Crippen LogP contribution in [0.1, 0.15) is 17.5 Å². The van der Waals surface area contributed by atoms with Crippen molar-refractivity contribution in [2.45, 2.75) is 19.4 Å². The van der Waals surface area contributed by atoms with Gasteiger partial charge in [-0.1, -0.05) is 12.1 Å². The Morgan fingerprint density at radius 2 is 2.31 bits per heavy atom. The Balaban J connectivity index is 2.17. The predicted molar refractivity (Wildman–Crippen MR) is 59.2 cm³/mol. The number of amides is 1. The maximum atomic E-state index is 13.5. The van der Waals surface area contributed by atoms with Gasteiger partial charge in [-0.3, -0.25) is 4.79 Å². The largest absolute Gasteiger partial charge is 0.338 e. The zero-order valence-corrected chi connectivity index (χ0v) is 9.08. The highest BCUT2D eigenvalue weighted by molar-refractivity contribution is 5.76. The van der Waals surface area contributed by atoms with Gasteiger partial charge in [0.2, 0.25) is 5.91 Å². The van der Waals surface area contributed by atoms with E-state index in [1.807, 2.05) is 6.07 Å². The van der Waals surface area contributed by atoms with Crippen LogP contribution in [0, 0.1) is 5.82 Å². The van der Waals surface area contributed by atoms with Crippen molar-refractivity contribution < 1.29 is 9.18 Å². The Kier molecular flexibility index (Phi) is 3.19. The van der Waals surface area contributed by atoms with E-state index in [4.69, 9.17) is 5.73 Å². The van der Waals surface area contributed by atoms with Crippen molar-refractivity contribution >= 4 is 5.91 Å². The molecule has 1 aliphatic heterocycles. The summed E-state index contributed by atoms with van der Waals surface area (Å²) in [6.45, 7) is 1.38. The second kappa shape index (κ2) is 4.61. The first kappa shape index (κ1) is 11.1. The number of carbonyl (C=O) groups excluding carboxylic acids is 1. The molecule has 0 bridgehead atoms. The molecule has 0 radical (unpaired) electrons. The van der Waals surface area contributed by atoms with Crippen LogP contribution in [0.25, 0.3) is 0 Å². The van der Waals surface area contributed by atoms with E-state index in [9.17, 15) is 9.18 Å². The summed E-state index contributed by atoms with van der Waals surface area (Å²) in [7, 11) is 0. The lowest BCUT2D eigenvalue weighted by Crippen LogP contribution is -2.37. The summed E-state index contributed by atoms with van der Waals surface area (Å²) in [5, 5.41) is 0. The van der Waals surface area contributed by atoms with Gasteiger partial charge in [0.05, 0.1) is 0 Å². The van der Waals surface area contributed by atoms with Gasteiger partial charge in [-0.2, -0.15) is 0 Å². The molecule has 0 saturated heterocycles. The summed E-state index contributed by atoms with van der Waals surface area (Å²) in [5.41, 5.74) is 7.00. The van der Waals surface area contributed by atoms with Crippen molar-refractivity contribution in [2.24, 2.45) is 5.73 Å². The molecular formula is C12H15FN2O. The maximum Gasteiger partial charge on any atom is 0.224 e. The summed E-state index contributed by atoms with van der Waals surface area (Å²) in [6.07, 6.45) is 1.06. The van der Waals surface area contributed by atoms with E-state index in [0.29, 0.717) is 31.6 Å². The quantitative estimate of drug-likeness (QED) is 0.813. The van der Waals surface area contributed by atoms with Gasteiger partial charge in [-0.05, 0) is 18.1 Å². The van der Waals surface area contributed by atoms with Crippen molar-refractivity contribution in [1.29, 1.82) is 0 Å². The molecule has 86 valence electrons. The fraction of sp³-hybridized carbons (Fsp3) is 0.417. The molecule has 0 unspecified atom stereocenters. The molecule has 4 heteroatoms. The topological polar surface area (TPSA) is 46.3 Å². The van der Waals surface area contributed by atoms with Gasteiger partial charge in [0, 0.05) is 31.6 Å². The fourth-order valence-electron chi connectivity index (χ4n) is 2.03. The average molecular weight is 222 g/mol. The highest BCUT2D eigenvalue weighted by Gasteiger charge is 2.21. The van der Waals surface area contributed by atoms with Crippen LogP contribution in [-0.2, 0) is 17.8 Å². The van der Waals surface area contributed by atoms with E-state index >= 15 is 0 Å². The molecule has 1 aromatic carbocycles. The van der Waals surface area contributed by atoms with E-state index in [2.05, 4.69) is 0 Å². The Hall–Kier alpha value is -1.42. The van der Waals surface area contributed by atoms with Crippen LogP contribution in [0.15, 0.2) is 18.2 Å². The van der Waals surface area contributed by atoms with Crippen LogP contribution in [0.3, 0.4) is 0 Å². The molecule has 0 atom stereocenters. The van der Waals surface area contributed by atoms with Crippen molar-refractivity contribution in [2.75, 3.05) is 13.1 Å². The van der Waals surface area contributed by atoms with Gasteiger partial charge in [0.25, 0.3) is 0 Å². The molecule has 16 heavy (non-hydrogen) atoms. The van der Waals surface area contributed by atoms with Gasteiger partial charge < -0.3 is 10.6 Å². The molecule has 1 heterocycles. The minimum Gasteiger partial charge on any atom is -0.338 e. The lowest BCUT2D eigenvalue weighted by Gasteiger charge is -2.29. The fourth-order valence-corrected chi connectivity index (χ4v) is 2.03. The first-order chi connectivity index (χ1) is 7.72. The first-order valence-corrected chi connectivity index (χ1v) is 5.46. The second-order valence-corrected chi connectivity index (χ2v) is 3.98. The Morgan fingerprint density at radius 3 is 3.06 bits per heavy atom. The highest BCUT2D eigenvalue weighted by atomic mass is 19.1. The van der Waals surface area contributed by atoms with E-state index in [0.717, 1.165) is 12.0 Å². The van der Waals surface area contributed by atoms with Crippen LogP contribution in [0.5, 0.6) is 0 Å². The van der Waals surface area contributed by atoms with E-state index in [-0.39, 0.29) is 11.7 Å². The number of carbonyl (C=O) groups is 1. The summed E-state index contributed by atoms with van der Waals surface area (Å²) in [6, 6.07) is 5.07. The number of nitrogens with zero attached hydrogens (tertiary/aromatic N) is 1. The van der Waals surface area contributed by atoms with Crippen molar-refractivity contribution in [3.63, 3.8) is 0 Å². The van der Waals surface area contributed by atoms with Crippen LogP contribution in [0.2, 0.25) is 0 Å². The van der Waals surface area contributed by atoms with Gasteiger partial charge in [-0.15, -0.1) is 0 Å². The van der Waals surface area contributed by atoms with Crippen molar-refractivity contribution in [3.8, 4) is 0 Å². The molecule has 0 saturated carbocycles. The Bertz CT molecular complexity index is 406. The average Bonchev–Trinajstić information content (AvgIpc) is 2.29. The van der Waals surface area contributed by atoms with Crippen LogP contribution >= 0.6 is 0 Å². The third-order valence-corrected chi connectivity index (χ3v) is 2.93. The van der Waals surface area contributed by atoms with E-state index in [1.165, 1.54) is 6.07 Å². The summed E-state index contributed by atoms with van der Waals surface area (Å²) < 4.78 is 13.5. The molecule has 0 fully saturated rings. The number of rotatable bonds is 2. The van der Waals surface area contributed by atoms with Crippen LogP contribution in [0.4, 0.5) is 4.39 Å². The van der Waals surface area contributed by atoms with Crippen LogP contribution in [-0.4, -0.2) is 23.9 Å². The number of hydrogen-bond acceptors (Lipinski definition) is 2. The number of halogens is 1. The molecule has 0 spiro atoms. The number of fused-ring (bicyclic) bond motifs is 1. The minimum atomic E-state index is -0.220. The second-order valence-electron chi connectivity index (χ2n) is 3.98. The standard InChI is InChI=1S/C12H15FN2O/c13-11-3-1-2-9-5-7-15(8-10(9)11)12(16)4-6-14/h1-3H,4-8,14H2. The monoisotopic (exact) mass is 222 g/mol. The molecule has 1 aromatic rings. The first-order valence-electron chi connectivity index (χ1n) is 5.46. The SMILES string of the molecule is NCCC(=O)N1CCc2cccc(F)c2C1. The lowest BCUT2D eigenvalue weighted by atomic mass is 9.99. The van der Waals surface area contributed by atoms with E-state index in [1.54, 1.807) is 11.0 Å². The number of benzene rings is 1. The Labute approximate surface area is 94.0 Å².